The van der Waals surface area contributed by atoms with Gasteiger partial charge in [-0.15, -0.1) is 24.0 Å². The lowest BCUT2D eigenvalue weighted by molar-refractivity contribution is -0.123. The Balaban J connectivity index is 0.00000392. The minimum atomic E-state index is -0.153. The topological polar surface area (TPSA) is 112 Å². The number of nitrogens with one attached hydrogen (secondary N) is 3. The van der Waals surface area contributed by atoms with E-state index in [1.54, 1.807) is 0 Å². The van der Waals surface area contributed by atoms with E-state index >= 15 is 0 Å². The number of halogens is 1. The Morgan fingerprint density at radius 2 is 1.68 bits per heavy atom. The van der Waals surface area contributed by atoms with Crippen molar-refractivity contribution < 1.29 is 9.59 Å². The third-order valence-electron chi connectivity index (χ3n) is 5.15. The number of nitrogens with zero attached hydrogens (tertiary/aromatic N) is 2. The molecule has 1 heterocycles. The number of likely N-dealkylation sites (tertiary alicyclic amines) is 1. The van der Waals surface area contributed by atoms with E-state index in [1.807, 2.05) is 6.92 Å². The van der Waals surface area contributed by atoms with Gasteiger partial charge in [-0.2, -0.15) is 0 Å². The number of piperidine rings is 1. The van der Waals surface area contributed by atoms with Crippen LogP contribution in [0.5, 0.6) is 0 Å². The molecule has 0 aromatic heterocycles. The van der Waals surface area contributed by atoms with Crippen LogP contribution >= 0.6 is 24.0 Å². The summed E-state index contributed by atoms with van der Waals surface area (Å²) in [6, 6.07) is 0. The molecule has 0 bridgehead atoms. The SMILES string of the molecule is CCNC(=NCCCCN1CCC(C(N)=O)CC1)NCCNC(=O)C1CC1.I. The Kier molecular flexibility index (Phi) is 12.4. The Labute approximate surface area is 185 Å². The van der Waals surface area contributed by atoms with Crippen molar-refractivity contribution in [3.8, 4) is 0 Å². The first-order valence-electron chi connectivity index (χ1n) is 10.4. The Bertz CT molecular complexity index is 505. The molecule has 28 heavy (non-hydrogen) atoms. The largest absolute Gasteiger partial charge is 0.369 e. The number of amides is 2. The molecule has 5 N–H and O–H groups in total. The summed E-state index contributed by atoms with van der Waals surface area (Å²) < 4.78 is 0. The highest BCUT2D eigenvalue weighted by Crippen LogP contribution is 2.28. The number of primary amides is 1. The monoisotopic (exact) mass is 508 g/mol. The molecule has 9 heteroatoms. The van der Waals surface area contributed by atoms with E-state index in [2.05, 4.69) is 25.8 Å². The van der Waals surface area contributed by atoms with Crippen LogP contribution < -0.4 is 21.7 Å². The number of aliphatic imine (C=N–C) groups is 1. The van der Waals surface area contributed by atoms with Crippen molar-refractivity contribution in [1.82, 2.24) is 20.9 Å². The van der Waals surface area contributed by atoms with Crippen LogP contribution in [0.25, 0.3) is 0 Å². The molecule has 1 aliphatic heterocycles. The van der Waals surface area contributed by atoms with Crippen molar-refractivity contribution >= 4 is 41.8 Å². The second kappa shape index (κ2) is 14.0. The first-order chi connectivity index (χ1) is 13.1. The molecule has 1 saturated carbocycles. The fraction of sp³-hybridized carbons (Fsp3) is 0.842. The number of nitrogens with two attached hydrogens (primary N) is 1. The Morgan fingerprint density at radius 1 is 1.00 bits per heavy atom. The van der Waals surface area contributed by atoms with E-state index in [-0.39, 0.29) is 47.6 Å². The molecule has 0 unspecified atom stereocenters. The van der Waals surface area contributed by atoms with Crippen LogP contribution in [0.1, 0.15) is 45.4 Å². The molecule has 162 valence electrons. The highest BCUT2D eigenvalue weighted by molar-refractivity contribution is 14.0. The number of rotatable bonds is 11. The number of carbonyl (C=O) groups is 2. The van der Waals surface area contributed by atoms with Crippen LogP contribution in [0, 0.1) is 11.8 Å². The van der Waals surface area contributed by atoms with E-state index in [4.69, 9.17) is 5.73 Å². The van der Waals surface area contributed by atoms with Gasteiger partial charge in [-0.05, 0) is 65.1 Å². The lowest BCUT2D eigenvalue weighted by atomic mass is 9.96. The van der Waals surface area contributed by atoms with Gasteiger partial charge in [0.25, 0.3) is 0 Å². The zero-order chi connectivity index (χ0) is 19.5. The molecule has 8 nitrogen and oxygen atoms in total. The van der Waals surface area contributed by atoms with E-state index in [1.165, 1.54) is 0 Å². The van der Waals surface area contributed by atoms with Crippen molar-refractivity contribution in [2.45, 2.75) is 45.4 Å². The molecule has 2 aliphatic rings. The second-order valence-corrected chi connectivity index (χ2v) is 7.48. The number of unbranched alkanes of at least 4 members (excludes halogenated alkanes) is 1. The van der Waals surface area contributed by atoms with Gasteiger partial charge in [0, 0.05) is 38.0 Å². The lowest BCUT2D eigenvalue weighted by Gasteiger charge is -2.30. The van der Waals surface area contributed by atoms with Crippen molar-refractivity contribution in [1.29, 1.82) is 0 Å². The van der Waals surface area contributed by atoms with E-state index in [0.29, 0.717) is 13.1 Å². The third kappa shape index (κ3) is 9.90. The van der Waals surface area contributed by atoms with Gasteiger partial charge >= 0.3 is 0 Å². The molecular weight excluding hydrogens is 471 g/mol. The average molecular weight is 508 g/mol. The highest BCUT2D eigenvalue weighted by atomic mass is 127. The smallest absolute Gasteiger partial charge is 0.223 e. The van der Waals surface area contributed by atoms with Crippen LogP contribution in [0.4, 0.5) is 0 Å². The predicted molar refractivity (Wildman–Crippen MR) is 123 cm³/mol. The molecule has 2 fully saturated rings. The summed E-state index contributed by atoms with van der Waals surface area (Å²) in [4.78, 5) is 29.8. The van der Waals surface area contributed by atoms with Gasteiger partial charge < -0.3 is 26.6 Å². The van der Waals surface area contributed by atoms with Gasteiger partial charge in [0.05, 0.1) is 0 Å². The average Bonchev–Trinajstić information content (AvgIpc) is 3.50. The number of guanidine groups is 1. The third-order valence-corrected chi connectivity index (χ3v) is 5.15. The molecule has 1 aliphatic carbocycles. The minimum Gasteiger partial charge on any atom is -0.369 e. The normalized spacial score (nSPS) is 18.2. The molecule has 0 spiro atoms. The molecule has 1 saturated heterocycles. The van der Waals surface area contributed by atoms with Crippen LogP contribution in [0.15, 0.2) is 4.99 Å². The standard InChI is InChI=1S/C19H36N6O2.HI/c1-2-21-19(24-11-10-22-18(27)16-5-6-16)23-9-3-4-12-25-13-7-15(8-14-25)17(20)26;/h15-16H,2-14H2,1H3,(H2,20,26)(H,22,27)(H2,21,23,24);1H. The Hall–Kier alpha value is -1.10. The molecule has 2 rings (SSSR count). The van der Waals surface area contributed by atoms with Gasteiger partial charge in [0.1, 0.15) is 0 Å². The van der Waals surface area contributed by atoms with E-state index in [0.717, 1.165) is 77.2 Å². The molecular formula is C19H37IN6O2. The maximum atomic E-state index is 11.6. The fourth-order valence-electron chi connectivity index (χ4n) is 3.28. The minimum absolute atomic E-state index is 0. The fourth-order valence-corrected chi connectivity index (χ4v) is 3.28. The maximum absolute atomic E-state index is 11.6. The predicted octanol–water partition coefficient (Wildman–Crippen LogP) is 0.663. The zero-order valence-electron chi connectivity index (χ0n) is 17.0. The van der Waals surface area contributed by atoms with Crippen molar-refractivity contribution in [3.05, 3.63) is 0 Å². The highest BCUT2D eigenvalue weighted by Gasteiger charge is 2.29. The molecule has 0 aromatic rings. The lowest BCUT2D eigenvalue weighted by Crippen LogP contribution is -2.41. The number of hydrogen-bond acceptors (Lipinski definition) is 4. The maximum Gasteiger partial charge on any atom is 0.223 e. The molecule has 0 atom stereocenters. The van der Waals surface area contributed by atoms with E-state index < -0.39 is 0 Å². The second-order valence-electron chi connectivity index (χ2n) is 7.48. The van der Waals surface area contributed by atoms with E-state index in [9.17, 15) is 9.59 Å². The summed E-state index contributed by atoms with van der Waals surface area (Å²) in [5.41, 5.74) is 5.37. The quantitative estimate of drug-likeness (QED) is 0.142. The van der Waals surface area contributed by atoms with Crippen LogP contribution in [-0.2, 0) is 9.59 Å². The van der Waals surface area contributed by atoms with Gasteiger partial charge in [0.2, 0.25) is 11.8 Å². The zero-order valence-corrected chi connectivity index (χ0v) is 19.4. The summed E-state index contributed by atoms with van der Waals surface area (Å²) in [5, 5.41) is 9.44. The van der Waals surface area contributed by atoms with Crippen LogP contribution in [-0.4, -0.2) is 68.5 Å². The van der Waals surface area contributed by atoms with Crippen molar-refractivity contribution in [3.63, 3.8) is 0 Å². The van der Waals surface area contributed by atoms with Gasteiger partial charge in [-0.3, -0.25) is 14.6 Å². The van der Waals surface area contributed by atoms with Crippen LogP contribution in [0.3, 0.4) is 0 Å². The van der Waals surface area contributed by atoms with Crippen LogP contribution in [0.2, 0.25) is 0 Å². The summed E-state index contributed by atoms with van der Waals surface area (Å²) in [5.74, 6) is 1.15. The molecule has 0 radical (unpaired) electrons. The Morgan fingerprint density at radius 3 is 2.29 bits per heavy atom. The summed E-state index contributed by atoms with van der Waals surface area (Å²) in [6.45, 7) is 7.93. The number of hydrogen-bond donors (Lipinski definition) is 4. The summed E-state index contributed by atoms with van der Waals surface area (Å²) in [7, 11) is 0. The van der Waals surface area contributed by atoms with Gasteiger partial charge in [0.15, 0.2) is 5.96 Å². The van der Waals surface area contributed by atoms with Crippen molar-refractivity contribution in [2.24, 2.45) is 22.6 Å². The van der Waals surface area contributed by atoms with Crippen molar-refractivity contribution in [2.75, 3.05) is 45.8 Å². The summed E-state index contributed by atoms with van der Waals surface area (Å²) >= 11 is 0. The first-order valence-corrected chi connectivity index (χ1v) is 10.4. The molecule has 2 amide bonds. The summed E-state index contributed by atoms with van der Waals surface area (Å²) in [6.07, 6.45) is 5.98. The number of carbonyl (C=O) groups excluding carboxylic acids is 2. The first kappa shape index (κ1) is 24.9. The van der Waals surface area contributed by atoms with Gasteiger partial charge in [-0.25, -0.2) is 0 Å². The van der Waals surface area contributed by atoms with Gasteiger partial charge in [-0.1, -0.05) is 0 Å². The molecule has 0 aromatic carbocycles.